The standard InChI is InChI=1S/C7H11S.Y/c1-3-7-5-4-6(2)8-7;/h5-7H,3H2,1-2H3;/q-1;+3. The SMILES string of the molecule is CCC1C=[C-]C(C)S1.[Y+3]. The third-order valence-corrected chi connectivity index (χ3v) is 2.66. The topological polar surface area (TPSA) is 0 Å². The molecule has 1 aliphatic heterocycles. The average Bonchev–Trinajstić information content (AvgIpc) is 2.14. The maximum absolute atomic E-state index is 3.26. The van der Waals surface area contributed by atoms with Crippen molar-refractivity contribution in [2.75, 3.05) is 0 Å². The first-order valence-corrected chi connectivity index (χ1v) is 4.02. The molecule has 0 aliphatic carbocycles. The van der Waals surface area contributed by atoms with E-state index in [0.29, 0.717) is 5.25 Å². The molecule has 0 saturated carbocycles. The van der Waals surface area contributed by atoms with Gasteiger partial charge in [0.25, 0.3) is 0 Å². The summed E-state index contributed by atoms with van der Waals surface area (Å²) in [5.41, 5.74) is 0. The van der Waals surface area contributed by atoms with Gasteiger partial charge in [0.05, 0.1) is 0 Å². The second-order valence-corrected chi connectivity index (χ2v) is 3.64. The Bertz CT molecular complexity index is 101. The van der Waals surface area contributed by atoms with E-state index in [1.807, 2.05) is 11.8 Å². The number of thioether (sulfide) groups is 1. The Balaban J connectivity index is 0.000000640. The minimum atomic E-state index is 0. The van der Waals surface area contributed by atoms with Gasteiger partial charge in [0.1, 0.15) is 0 Å². The van der Waals surface area contributed by atoms with E-state index < -0.39 is 0 Å². The molecule has 0 aromatic heterocycles. The van der Waals surface area contributed by atoms with Gasteiger partial charge in [0.15, 0.2) is 0 Å². The molecule has 46 valence electrons. The van der Waals surface area contributed by atoms with Crippen LogP contribution in [0.15, 0.2) is 6.08 Å². The van der Waals surface area contributed by atoms with Gasteiger partial charge in [-0.2, -0.15) is 11.8 Å². The molecular formula is C7H11SY+2. The molecule has 0 radical (unpaired) electrons. The van der Waals surface area contributed by atoms with Gasteiger partial charge in [0, 0.05) is 0 Å². The fourth-order valence-corrected chi connectivity index (χ4v) is 1.83. The molecule has 0 aromatic rings. The van der Waals surface area contributed by atoms with E-state index in [4.69, 9.17) is 0 Å². The number of rotatable bonds is 1. The van der Waals surface area contributed by atoms with Gasteiger partial charge in [-0.3, -0.25) is 6.08 Å². The van der Waals surface area contributed by atoms with Crippen LogP contribution in [0.3, 0.4) is 0 Å². The van der Waals surface area contributed by atoms with Gasteiger partial charge < -0.3 is 6.08 Å². The van der Waals surface area contributed by atoms with E-state index >= 15 is 0 Å². The largest absolute Gasteiger partial charge is 3.00 e. The monoisotopic (exact) mass is 216 g/mol. The minimum absolute atomic E-state index is 0. The van der Waals surface area contributed by atoms with Crippen molar-refractivity contribution < 1.29 is 32.7 Å². The Hall–Kier alpha value is 1.19. The van der Waals surface area contributed by atoms with Crippen LogP contribution >= 0.6 is 11.8 Å². The minimum Gasteiger partial charge on any atom is -0.486 e. The van der Waals surface area contributed by atoms with E-state index in [1.54, 1.807) is 0 Å². The van der Waals surface area contributed by atoms with Crippen molar-refractivity contribution >= 4 is 11.8 Å². The Morgan fingerprint density at radius 2 is 2.33 bits per heavy atom. The first kappa shape index (κ1) is 10.2. The summed E-state index contributed by atoms with van der Waals surface area (Å²) in [7, 11) is 0. The van der Waals surface area contributed by atoms with Crippen LogP contribution in [-0.2, 0) is 32.7 Å². The molecule has 0 nitrogen and oxygen atoms in total. The maximum Gasteiger partial charge on any atom is 3.00 e. The third-order valence-electron chi connectivity index (χ3n) is 1.30. The summed E-state index contributed by atoms with van der Waals surface area (Å²) in [6, 6.07) is 0. The van der Waals surface area contributed by atoms with Gasteiger partial charge in [-0.05, 0) is 11.7 Å². The molecule has 2 heteroatoms. The summed E-state index contributed by atoms with van der Waals surface area (Å²) in [6.45, 7) is 4.41. The third kappa shape index (κ3) is 3.20. The summed E-state index contributed by atoms with van der Waals surface area (Å²) >= 11 is 2.00. The summed E-state index contributed by atoms with van der Waals surface area (Å²) in [6.07, 6.45) is 6.70. The molecule has 2 atom stereocenters. The Morgan fingerprint density at radius 1 is 1.67 bits per heavy atom. The van der Waals surface area contributed by atoms with Crippen LogP contribution in [0.4, 0.5) is 0 Å². The van der Waals surface area contributed by atoms with Gasteiger partial charge >= 0.3 is 32.7 Å². The molecule has 0 bridgehead atoms. The van der Waals surface area contributed by atoms with Gasteiger partial charge in [0.2, 0.25) is 0 Å². The molecule has 0 fully saturated rings. The van der Waals surface area contributed by atoms with Crippen molar-refractivity contribution in [2.24, 2.45) is 0 Å². The van der Waals surface area contributed by atoms with Crippen LogP contribution in [0.25, 0.3) is 0 Å². The van der Waals surface area contributed by atoms with Crippen LogP contribution in [0.2, 0.25) is 0 Å². The second kappa shape index (κ2) is 4.93. The molecule has 1 aliphatic rings. The van der Waals surface area contributed by atoms with Crippen LogP contribution in [0, 0.1) is 6.08 Å². The fraction of sp³-hybridized carbons (Fsp3) is 0.714. The maximum atomic E-state index is 3.26. The van der Waals surface area contributed by atoms with E-state index in [1.165, 1.54) is 6.42 Å². The van der Waals surface area contributed by atoms with Crippen molar-refractivity contribution in [3.63, 3.8) is 0 Å². The summed E-state index contributed by atoms with van der Waals surface area (Å²) in [4.78, 5) is 0. The molecule has 0 saturated heterocycles. The summed E-state index contributed by atoms with van der Waals surface area (Å²) < 4.78 is 0. The zero-order chi connectivity index (χ0) is 5.98. The van der Waals surface area contributed by atoms with Gasteiger partial charge in [-0.15, -0.1) is 5.25 Å². The smallest absolute Gasteiger partial charge is 0.486 e. The zero-order valence-corrected chi connectivity index (χ0v) is 9.58. The van der Waals surface area contributed by atoms with E-state index in [9.17, 15) is 0 Å². The van der Waals surface area contributed by atoms with Gasteiger partial charge in [-0.1, -0.05) is 13.8 Å². The van der Waals surface area contributed by atoms with E-state index in [-0.39, 0.29) is 32.7 Å². The first-order valence-electron chi connectivity index (χ1n) is 3.07. The molecule has 1 rings (SSSR count). The van der Waals surface area contributed by atoms with Gasteiger partial charge in [-0.25, -0.2) is 0 Å². The molecule has 0 aromatic carbocycles. The Morgan fingerprint density at radius 3 is 2.56 bits per heavy atom. The molecule has 2 unspecified atom stereocenters. The van der Waals surface area contributed by atoms with E-state index in [2.05, 4.69) is 26.0 Å². The molecule has 0 N–H and O–H groups in total. The Labute approximate surface area is 86.7 Å². The normalized spacial score (nSPS) is 32.2. The van der Waals surface area contributed by atoms with Crippen LogP contribution in [-0.4, -0.2) is 10.5 Å². The first-order chi connectivity index (χ1) is 3.83. The van der Waals surface area contributed by atoms with Crippen LogP contribution < -0.4 is 0 Å². The number of hydrogen-bond acceptors (Lipinski definition) is 1. The summed E-state index contributed by atoms with van der Waals surface area (Å²) in [5.74, 6) is 0. The Kier molecular flexibility index (Phi) is 5.58. The molecule has 0 spiro atoms. The van der Waals surface area contributed by atoms with Crippen molar-refractivity contribution in [1.29, 1.82) is 0 Å². The molecular weight excluding hydrogens is 205 g/mol. The quantitative estimate of drug-likeness (QED) is 0.606. The van der Waals surface area contributed by atoms with E-state index in [0.717, 1.165) is 5.25 Å². The predicted molar refractivity (Wildman–Crippen MR) is 38.9 cm³/mol. The molecule has 9 heavy (non-hydrogen) atoms. The second-order valence-electron chi connectivity index (χ2n) is 2.06. The predicted octanol–water partition coefficient (Wildman–Crippen LogP) is 2.26. The van der Waals surface area contributed by atoms with Crippen molar-refractivity contribution in [3.8, 4) is 0 Å². The van der Waals surface area contributed by atoms with Crippen LogP contribution in [0.5, 0.6) is 0 Å². The van der Waals surface area contributed by atoms with Crippen molar-refractivity contribution in [1.82, 2.24) is 0 Å². The average molecular weight is 216 g/mol. The van der Waals surface area contributed by atoms with Crippen molar-refractivity contribution in [2.45, 2.75) is 30.8 Å². The van der Waals surface area contributed by atoms with Crippen molar-refractivity contribution in [3.05, 3.63) is 12.2 Å². The fourth-order valence-electron chi connectivity index (χ4n) is 0.798. The van der Waals surface area contributed by atoms with Crippen LogP contribution in [0.1, 0.15) is 20.3 Å². The number of hydrogen-bond donors (Lipinski definition) is 0. The summed E-state index contributed by atoms with van der Waals surface area (Å²) in [5, 5.41) is 1.39. The molecule has 1 heterocycles. The molecule has 0 amide bonds. The zero-order valence-electron chi connectivity index (χ0n) is 5.92.